The largest absolute Gasteiger partial charge is 0.212 e. The lowest BCUT2D eigenvalue weighted by atomic mass is 10.2. The monoisotopic (exact) mass is 253 g/mol. The highest BCUT2D eigenvalue weighted by Crippen LogP contribution is 2.24. The van der Waals surface area contributed by atoms with Crippen LogP contribution in [-0.4, -0.2) is 25.6 Å². The molecule has 1 saturated carbocycles. The van der Waals surface area contributed by atoms with E-state index in [1.165, 1.54) is 0 Å². The standard InChI is InChI=1S/C10H20ClNO2S/c1-8(2)6-7-15(13,14)12-10-5-3-4-9(10)11/h8-10,12H,3-7H2,1-2H3. The van der Waals surface area contributed by atoms with Crippen molar-refractivity contribution in [3.8, 4) is 0 Å². The summed E-state index contributed by atoms with van der Waals surface area (Å²) < 4.78 is 26.0. The third kappa shape index (κ3) is 4.70. The van der Waals surface area contributed by atoms with Crippen LogP contribution in [0.15, 0.2) is 0 Å². The van der Waals surface area contributed by atoms with Crippen LogP contribution < -0.4 is 4.72 Å². The molecule has 0 aromatic heterocycles. The van der Waals surface area contributed by atoms with E-state index in [4.69, 9.17) is 11.6 Å². The SMILES string of the molecule is CC(C)CCS(=O)(=O)NC1CCCC1Cl. The third-order valence-corrected chi connectivity index (χ3v) is 4.68. The van der Waals surface area contributed by atoms with Gasteiger partial charge >= 0.3 is 0 Å². The van der Waals surface area contributed by atoms with Crippen LogP contribution in [0.1, 0.15) is 39.5 Å². The number of rotatable bonds is 5. The van der Waals surface area contributed by atoms with Crippen LogP contribution in [0, 0.1) is 5.92 Å². The molecule has 0 aromatic carbocycles. The molecule has 1 fully saturated rings. The highest BCUT2D eigenvalue weighted by molar-refractivity contribution is 7.89. The number of sulfonamides is 1. The van der Waals surface area contributed by atoms with Crippen LogP contribution in [0.3, 0.4) is 0 Å². The van der Waals surface area contributed by atoms with E-state index in [9.17, 15) is 8.42 Å². The lowest BCUT2D eigenvalue weighted by molar-refractivity contribution is 0.540. The second-order valence-corrected chi connectivity index (χ2v) is 7.11. The van der Waals surface area contributed by atoms with E-state index in [2.05, 4.69) is 4.72 Å². The minimum atomic E-state index is -3.13. The Kier molecular flexibility index (Phi) is 4.87. The molecule has 1 N–H and O–H groups in total. The molecular formula is C10H20ClNO2S. The first kappa shape index (κ1) is 13.3. The van der Waals surface area contributed by atoms with E-state index < -0.39 is 10.0 Å². The molecule has 1 rings (SSSR count). The van der Waals surface area contributed by atoms with Crippen molar-refractivity contribution in [2.24, 2.45) is 5.92 Å². The summed E-state index contributed by atoms with van der Waals surface area (Å²) in [4.78, 5) is 0. The predicted molar refractivity (Wildman–Crippen MR) is 63.7 cm³/mol. The van der Waals surface area contributed by atoms with Gasteiger partial charge < -0.3 is 0 Å². The van der Waals surface area contributed by atoms with Gasteiger partial charge in [0.05, 0.1) is 5.75 Å². The molecule has 0 amide bonds. The van der Waals surface area contributed by atoms with Crippen LogP contribution in [0.4, 0.5) is 0 Å². The lowest BCUT2D eigenvalue weighted by Crippen LogP contribution is -2.39. The van der Waals surface area contributed by atoms with Crippen molar-refractivity contribution in [3.63, 3.8) is 0 Å². The fraction of sp³-hybridized carbons (Fsp3) is 1.00. The Balaban J connectivity index is 2.41. The molecule has 0 saturated heterocycles. The zero-order valence-electron chi connectivity index (χ0n) is 9.37. The zero-order valence-corrected chi connectivity index (χ0v) is 10.9. The first-order valence-electron chi connectivity index (χ1n) is 5.55. The molecule has 1 aliphatic carbocycles. The summed E-state index contributed by atoms with van der Waals surface area (Å²) in [5.74, 6) is 0.627. The van der Waals surface area contributed by atoms with Crippen LogP contribution >= 0.6 is 11.6 Å². The molecule has 0 aromatic rings. The summed E-state index contributed by atoms with van der Waals surface area (Å²) in [6.07, 6.45) is 3.51. The molecule has 15 heavy (non-hydrogen) atoms. The normalized spacial score (nSPS) is 27.5. The Labute approximate surface area is 97.6 Å². The molecule has 0 bridgehead atoms. The first-order valence-corrected chi connectivity index (χ1v) is 7.63. The highest BCUT2D eigenvalue weighted by Gasteiger charge is 2.28. The van der Waals surface area contributed by atoms with Crippen molar-refractivity contribution >= 4 is 21.6 Å². The van der Waals surface area contributed by atoms with Gasteiger partial charge in [0.2, 0.25) is 10.0 Å². The van der Waals surface area contributed by atoms with Crippen molar-refractivity contribution in [2.75, 3.05) is 5.75 Å². The molecule has 3 nitrogen and oxygen atoms in total. The number of nitrogens with one attached hydrogen (secondary N) is 1. The van der Waals surface area contributed by atoms with Gasteiger partial charge in [-0.2, -0.15) is 0 Å². The Morgan fingerprint density at radius 2 is 2.07 bits per heavy atom. The van der Waals surface area contributed by atoms with Gasteiger partial charge in [0.1, 0.15) is 0 Å². The maximum Gasteiger partial charge on any atom is 0.211 e. The van der Waals surface area contributed by atoms with E-state index in [0.717, 1.165) is 19.3 Å². The van der Waals surface area contributed by atoms with Gasteiger partial charge in [-0.1, -0.05) is 20.3 Å². The molecule has 90 valence electrons. The number of hydrogen-bond acceptors (Lipinski definition) is 2. The van der Waals surface area contributed by atoms with Crippen LogP contribution in [0.2, 0.25) is 0 Å². The number of hydrogen-bond donors (Lipinski definition) is 1. The number of halogens is 1. The van der Waals surface area contributed by atoms with Crippen molar-refractivity contribution in [1.29, 1.82) is 0 Å². The molecule has 1 aliphatic rings. The molecule has 0 radical (unpaired) electrons. The first-order chi connectivity index (χ1) is 6.91. The quantitative estimate of drug-likeness (QED) is 0.763. The van der Waals surface area contributed by atoms with E-state index in [1.807, 2.05) is 13.8 Å². The Morgan fingerprint density at radius 3 is 2.53 bits per heavy atom. The van der Waals surface area contributed by atoms with Crippen LogP contribution in [-0.2, 0) is 10.0 Å². The van der Waals surface area contributed by atoms with E-state index in [1.54, 1.807) is 0 Å². The molecule has 2 unspecified atom stereocenters. The van der Waals surface area contributed by atoms with Crippen molar-refractivity contribution in [3.05, 3.63) is 0 Å². The molecule has 2 atom stereocenters. The molecule has 5 heteroatoms. The summed E-state index contributed by atoms with van der Waals surface area (Å²) in [6.45, 7) is 4.05. The van der Waals surface area contributed by atoms with Gasteiger partial charge in [0.25, 0.3) is 0 Å². The van der Waals surface area contributed by atoms with Gasteiger partial charge in [0.15, 0.2) is 0 Å². The summed E-state index contributed by atoms with van der Waals surface area (Å²) in [7, 11) is -3.13. The number of alkyl halides is 1. The fourth-order valence-electron chi connectivity index (χ4n) is 1.73. The summed E-state index contributed by atoms with van der Waals surface area (Å²) >= 11 is 6.02. The van der Waals surface area contributed by atoms with Gasteiger partial charge in [-0.25, -0.2) is 13.1 Å². The topological polar surface area (TPSA) is 46.2 Å². The van der Waals surface area contributed by atoms with Gasteiger partial charge in [-0.05, 0) is 25.2 Å². The lowest BCUT2D eigenvalue weighted by Gasteiger charge is -2.16. The third-order valence-electron chi connectivity index (χ3n) is 2.73. The molecule has 0 spiro atoms. The van der Waals surface area contributed by atoms with Gasteiger partial charge in [-0.15, -0.1) is 11.6 Å². The summed E-state index contributed by atoms with van der Waals surface area (Å²) in [5.41, 5.74) is 0. The Hall–Kier alpha value is 0.200. The minimum Gasteiger partial charge on any atom is -0.212 e. The van der Waals surface area contributed by atoms with E-state index in [0.29, 0.717) is 12.3 Å². The minimum absolute atomic E-state index is 0.0289. The van der Waals surface area contributed by atoms with Crippen molar-refractivity contribution in [1.82, 2.24) is 4.72 Å². The van der Waals surface area contributed by atoms with Gasteiger partial charge in [-0.3, -0.25) is 0 Å². The average molecular weight is 254 g/mol. The molecule has 0 aliphatic heterocycles. The van der Waals surface area contributed by atoms with Gasteiger partial charge in [0, 0.05) is 11.4 Å². The van der Waals surface area contributed by atoms with Crippen molar-refractivity contribution in [2.45, 2.75) is 50.9 Å². The Bertz CT molecular complexity index is 290. The smallest absolute Gasteiger partial charge is 0.211 e. The second-order valence-electron chi connectivity index (χ2n) is 4.67. The molecule has 0 heterocycles. The molecular weight excluding hydrogens is 234 g/mol. The fourth-order valence-corrected chi connectivity index (χ4v) is 3.79. The van der Waals surface area contributed by atoms with E-state index >= 15 is 0 Å². The average Bonchev–Trinajstić information content (AvgIpc) is 2.48. The zero-order chi connectivity index (χ0) is 11.5. The van der Waals surface area contributed by atoms with Crippen LogP contribution in [0.5, 0.6) is 0 Å². The Morgan fingerprint density at radius 1 is 1.40 bits per heavy atom. The highest BCUT2D eigenvalue weighted by atomic mass is 35.5. The second kappa shape index (κ2) is 5.51. The van der Waals surface area contributed by atoms with Crippen molar-refractivity contribution < 1.29 is 8.42 Å². The summed E-state index contributed by atoms with van der Waals surface area (Å²) in [5, 5.41) is -0.0289. The maximum atomic E-state index is 11.7. The maximum absolute atomic E-state index is 11.7. The van der Waals surface area contributed by atoms with E-state index in [-0.39, 0.29) is 17.2 Å². The summed E-state index contributed by atoms with van der Waals surface area (Å²) in [6, 6.07) is -0.0520. The van der Waals surface area contributed by atoms with Crippen LogP contribution in [0.25, 0.3) is 0 Å². The predicted octanol–water partition coefficient (Wildman–Crippen LogP) is 2.11.